The number of benzene rings is 1. The van der Waals surface area contributed by atoms with Gasteiger partial charge in [0, 0.05) is 49.2 Å². The van der Waals surface area contributed by atoms with Crippen LogP contribution in [0, 0.1) is 0 Å². The minimum Gasteiger partial charge on any atom is -0.383 e. The third-order valence-corrected chi connectivity index (χ3v) is 5.26. The fourth-order valence-corrected chi connectivity index (χ4v) is 4.04. The topological polar surface area (TPSA) is 59.5 Å². The molecule has 21 heavy (non-hydrogen) atoms. The van der Waals surface area contributed by atoms with Gasteiger partial charge in [-0.15, -0.1) is 11.6 Å². The Morgan fingerprint density at radius 3 is 2.81 bits per heavy atom. The lowest BCUT2D eigenvalue weighted by molar-refractivity contribution is 0.180. The van der Waals surface area contributed by atoms with Crippen molar-refractivity contribution in [2.45, 2.75) is 4.90 Å². The number of rotatable bonds is 7. The fourth-order valence-electron chi connectivity index (χ4n) is 2.10. The molecule has 0 fully saturated rings. The summed E-state index contributed by atoms with van der Waals surface area (Å²) in [5.41, 5.74) is 0. The number of nitrogens with zero attached hydrogens (tertiary/aromatic N) is 2. The number of aromatic nitrogens is 1. The van der Waals surface area contributed by atoms with Crippen LogP contribution in [0.4, 0.5) is 0 Å². The van der Waals surface area contributed by atoms with Crippen LogP contribution in [-0.4, -0.2) is 50.4 Å². The summed E-state index contributed by atoms with van der Waals surface area (Å²) in [6.45, 7) is 0.837. The molecule has 0 N–H and O–H groups in total. The van der Waals surface area contributed by atoms with Gasteiger partial charge in [-0.25, -0.2) is 8.42 Å². The van der Waals surface area contributed by atoms with E-state index in [1.807, 2.05) is 6.07 Å². The van der Waals surface area contributed by atoms with Crippen LogP contribution in [-0.2, 0) is 14.8 Å². The minimum absolute atomic E-state index is 0.231. The Morgan fingerprint density at radius 2 is 2.10 bits per heavy atom. The SMILES string of the molecule is COCCN(CCCl)S(=O)(=O)c1cccc2cnccc12. The molecule has 0 aliphatic rings. The van der Waals surface area contributed by atoms with Gasteiger partial charge >= 0.3 is 0 Å². The monoisotopic (exact) mass is 328 g/mol. The second-order valence-corrected chi connectivity index (χ2v) is 6.72. The van der Waals surface area contributed by atoms with Crippen molar-refractivity contribution in [2.24, 2.45) is 0 Å². The van der Waals surface area contributed by atoms with Crippen molar-refractivity contribution in [1.29, 1.82) is 0 Å². The third-order valence-electron chi connectivity index (χ3n) is 3.14. The first kappa shape index (κ1) is 16.2. The molecule has 0 aliphatic carbocycles. The van der Waals surface area contributed by atoms with E-state index in [0.29, 0.717) is 12.0 Å². The highest BCUT2D eigenvalue weighted by atomic mass is 35.5. The van der Waals surface area contributed by atoms with Crippen LogP contribution in [0.2, 0.25) is 0 Å². The van der Waals surface area contributed by atoms with Gasteiger partial charge in [0.1, 0.15) is 0 Å². The third kappa shape index (κ3) is 3.52. The summed E-state index contributed by atoms with van der Waals surface area (Å²) in [5, 5.41) is 1.45. The molecular weight excluding hydrogens is 312 g/mol. The predicted molar refractivity (Wildman–Crippen MR) is 83.1 cm³/mol. The molecule has 1 heterocycles. The zero-order valence-corrected chi connectivity index (χ0v) is 13.3. The summed E-state index contributed by atoms with van der Waals surface area (Å²) in [4.78, 5) is 4.28. The van der Waals surface area contributed by atoms with E-state index in [-0.39, 0.29) is 23.9 Å². The normalized spacial score (nSPS) is 12.1. The van der Waals surface area contributed by atoms with E-state index >= 15 is 0 Å². The minimum atomic E-state index is -3.62. The molecular formula is C14H17ClN2O3S. The molecule has 0 aliphatic heterocycles. The summed E-state index contributed by atoms with van der Waals surface area (Å²) in [6.07, 6.45) is 3.23. The van der Waals surface area contributed by atoms with E-state index in [1.54, 1.807) is 30.6 Å². The highest BCUT2D eigenvalue weighted by molar-refractivity contribution is 7.89. The maximum absolute atomic E-state index is 12.8. The lowest BCUT2D eigenvalue weighted by atomic mass is 10.2. The van der Waals surface area contributed by atoms with E-state index in [0.717, 1.165) is 5.39 Å². The van der Waals surface area contributed by atoms with E-state index in [2.05, 4.69) is 4.98 Å². The molecule has 0 radical (unpaired) electrons. The molecule has 0 amide bonds. The van der Waals surface area contributed by atoms with Gasteiger partial charge in [0.25, 0.3) is 0 Å². The molecule has 2 rings (SSSR count). The first-order valence-corrected chi connectivity index (χ1v) is 8.46. The van der Waals surface area contributed by atoms with Crippen LogP contribution in [0.1, 0.15) is 0 Å². The summed E-state index contributed by atoms with van der Waals surface area (Å²) in [5.74, 6) is 0.231. The predicted octanol–water partition coefficient (Wildman–Crippen LogP) is 2.11. The van der Waals surface area contributed by atoms with Gasteiger partial charge in [0.15, 0.2) is 0 Å². The van der Waals surface area contributed by atoms with Gasteiger partial charge in [0.05, 0.1) is 11.5 Å². The van der Waals surface area contributed by atoms with Crippen molar-refractivity contribution < 1.29 is 13.2 Å². The van der Waals surface area contributed by atoms with Gasteiger partial charge in [0.2, 0.25) is 10.0 Å². The van der Waals surface area contributed by atoms with Crippen molar-refractivity contribution >= 4 is 32.4 Å². The molecule has 0 spiro atoms. The summed E-state index contributed by atoms with van der Waals surface area (Å²) >= 11 is 5.73. The standard InChI is InChI=1S/C14H17ClN2O3S/c1-20-10-9-17(8-6-15)21(18,19)14-4-2-3-12-11-16-7-5-13(12)14/h2-5,7,11H,6,8-10H2,1H3. The first-order valence-electron chi connectivity index (χ1n) is 6.49. The number of fused-ring (bicyclic) bond motifs is 1. The summed E-state index contributed by atoms with van der Waals surface area (Å²) in [6, 6.07) is 6.86. The maximum atomic E-state index is 12.8. The number of pyridine rings is 1. The highest BCUT2D eigenvalue weighted by Gasteiger charge is 2.25. The van der Waals surface area contributed by atoms with Crippen molar-refractivity contribution in [3.63, 3.8) is 0 Å². The van der Waals surface area contributed by atoms with Gasteiger partial charge in [-0.1, -0.05) is 12.1 Å². The average molecular weight is 329 g/mol. The quantitative estimate of drug-likeness (QED) is 0.730. The number of ether oxygens (including phenoxy) is 1. The van der Waals surface area contributed by atoms with Crippen LogP contribution in [0.3, 0.4) is 0 Å². The smallest absolute Gasteiger partial charge is 0.243 e. The average Bonchev–Trinajstić information content (AvgIpc) is 2.50. The number of halogens is 1. The zero-order valence-electron chi connectivity index (χ0n) is 11.7. The van der Waals surface area contributed by atoms with Crippen LogP contribution in [0.15, 0.2) is 41.6 Å². The van der Waals surface area contributed by atoms with Crippen molar-refractivity contribution in [3.8, 4) is 0 Å². The molecule has 114 valence electrons. The molecule has 7 heteroatoms. The summed E-state index contributed by atoms with van der Waals surface area (Å²) in [7, 11) is -2.08. The largest absolute Gasteiger partial charge is 0.383 e. The van der Waals surface area contributed by atoms with Crippen LogP contribution in [0.5, 0.6) is 0 Å². The molecule has 1 aromatic heterocycles. The van der Waals surface area contributed by atoms with E-state index in [4.69, 9.17) is 16.3 Å². The van der Waals surface area contributed by atoms with Gasteiger partial charge in [-0.3, -0.25) is 4.98 Å². The van der Waals surface area contributed by atoms with Crippen LogP contribution >= 0.6 is 11.6 Å². The Bertz CT molecular complexity index is 701. The number of hydrogen-bond donors (Lipinski definition) is 0. The van der Waals surface area contributed by atoms with E-state index < -0.39 is 10.0 Å². The number of hydrogen-bond acceptors (Lipinski definition) is 4. The molecule has 2 aromatic rings. The Hall–Kier alpha value is -1.21. The Balaban J connectivity index is 2.49. The lowest BCUT2D eigenvalue weighted by Gasteiger charge is -2.21. The Morgan fingerprint density at radius 1 is 1.29 bits per heavy atom. The van der Waals surface area contributed by atoms with Crippen molar-refractivity contribution in [2.75, 3.05) is 32.7 Å². The Labute approximate surface area is 129 Å². The molecule has 5 nitrogen and oxygen atoms in total. The lowest BCUT2D eigenvalue weighted by Crippen LogP contribution is -2.35. The zero-order chi connectivity index (χ0) is 15.3. The van der Waals surface area contributed by atoms with Crippen molar-refractivity contribution in [1.82, 2.24) is 9.29 Å². The molecule has 0 bridgehead atoms. The molecule has 0 saturated carbocycles. The maximum Gasteiger partial charge on any atom is 0.243 e. The van der Waals surface area contributed by atoms with E-state index in [9.17, 15) is 8.42 Å². The van der Waals surface area contributed by atoms with Crippen LogP contribution < -0.4 is 0 Å². The van der Waals surface area contributed by atoms with Gasteiger partial charge < -0.3 is 4.74 Å². The first-order chi connectivity index (χ1) is 10.1. The number of methoxy groups -OCH3 is 1. The molecule has 0 atom stereocenters. The molecule has 1 aromatic carbocycles. The summed E-state index contributed by atoms with van der Waals surface area (Å²) < 4.78 is 32.0. The van der Waals surface area contributed by atoms with Gasteiger partial charge in [-0.05, 0) is 12.1 Å². The van der Waals surface area contributed by atoms with Gasteiger partial charge in [-0.2, -0.15) is 4.31 Å². The molecule has 0 saturated heterocycles. The van der Waals surface area contributed by atoms with E-state index in [1.165, 1.54) is 11.4 Å². The molecule has 0 unspecified atom stereocenters. The van der Waals surface area contributed by atoms with Crippen molar-refractivity contribution in [3.05, 3.63) is 36.7 Å². The number of alkyl halides is 1. The van der Waals surface area contributed by atoms with Crippen LogP contribution in [0.25, 0.3) is 10.8 Å². The fraction of sp³-hybridized carbons (Fsp3) is 0.357. The Kier molecular flexibility index (Phi) is 5.52. The second kappa shape index (κ2) is 7.17. The second-order valence-electron chi connectivity index (χ2n) is 4.44. The number of sulfonamides is 1. The highest BCUT2D eigenvalue weighted by Crippen LogP contribution is 2.25.